The number of nitrogens with zero attached hydrogens (tertiary/aromatic N) is 1. The van der Waals surface area contributed by atoms with Crippen LogP contribution in [0, 0.1) is 5.92 Å². The van der Waals surface area contributed by atoms with Crippen molar-refractivity contribution in [3.05, 3.63) is 23.4 Å². The first-order chi connectivity index (χ1) is 10.7. The van der Waals surface area contributed by atoms with Crippen LogP contribution in [0.3, 0.4) is 0 Å². The lowest BCUT2D eigenvalue weighted by atomic mass is 9.77. The molecule has 2 fully saturated rings. The minimum Gasteiger partial charge on any atom is -0.320 e. The summed E-state index contributed by atoms with van der Waals surface area (Å²) < 4.78 is 0. The minimum atomic E-state index is 0.209. The summed E-state index contributed by atoms with van der Waals surface area (Å²) in [5.74, 6) is 0.740. The third kappa shape index (κ3) is 3.26. The summed E-state index contributed by atoms with van der Waals surface area (Å²) in [7, 11) is 1.92. The van der Waals surface area contributed by atoms with Crippen molar-refractivity contribution in [3.63, 3.8) is 0 Å². The van der Waals surface area contributed by atoms with Gasteiger partial charge in [-0.25, -0.2) is 0 Å². The van der Waals surface area contributed by atoms with Crippen molar-refractivity contribution in [2.24, 2.45) is 5.92 Å². The van der Waals surface area contributed by atoms with Gasteiger partial charge in [0.2, 0.25) is 5.91 Å². The molecule has 3 atom stereocenters. The highest BCUT2D eigenvalue weighted by Gasteiger charge is 2.33. The molecule has 2 heterocycles. The number of rotatable bonds is 3. The summed E-state index contributed by atoms with van der Waals surface area (Å²) in [6.07, 6.45) is 8.38. The van der Waals surface area contributed by atoms with Crippen LogP contribution < -0.4 is 16.0 Å². The summed E-state index contributed by atoms with van der Waals surface area (Å²) in [5, 5.41) is 10.5. The molecular formula is C17H28N4O. The van der Waals surface area contributed by atoms with E-state index in [-0.39, 0.29) is 5.91 Å². The maximum atomic E-state index is 12.0. The van der Waals surface area contributed by atoms with Gasteiger partial charge in [0, 0.05) is 50.4 Å². The zero-order valence-electron chi connectivity index (χ0n) is 13.7. The Morgan fingerprint density at radius 3 is 3.05 bits per heavy atom. The number of carbonyl (C=O) groups is 1. The van der Waals surface area contributed by atoms with Gasteiger partial charge in [-0.1, -0.05) is 24.6 Å². The van der Waals surface area contributed by atoms with Gasteiger partial charge >= 0.3 is 0 Å². The van der Waals surface area contributed by atoms with Gasteiger partial charge in [0.05, 0.1) is 0 Å². The van der Waals surface area contributed by atoms with E-state index < -0.39 is 0 Å². The normalized spacial score (nSPS) is 33.5. The van der Waals surface area contributed by atoms with Gasteiger partial charge in [-0.05, 0) is 25.8 Å². The van der Waals surface area contributed by atoms with Crippen LogP contribution >= 0.6 is 0 Å². The Balaban J connectivity index is 1.74. The summed E-state index contributed by atoms with van der Waals surface area (Å²) in [4.78, 5) is 13.8. The average molecular weight is 304 g/mol. The Bertz CT molecular complexity index is 479. The predicted octanol–water partition coefficient (Wildman–Crippen LogP) is 0.956. The lowest BCUT2D eigenvalue weighted by Crippen LogP contribution is -2.45. The molecule has 0 radical (unpaired) electrons. The van der Waals surface area contributed by atoms with Crippen LogP contribution in [0.25, 0.3) is 0 Å². The molecule has 0 spiro atoms. The highest BCUT2D eigenvalue weighted by Crippen LogP contribution is 2.35. The highest BCUT2D eigenvalue weighted by atomic mass is 16.2. The van der Waals surface area contributed by atoms with Crippen LogP contribution in [-0.4, -0.2) is 49.7 Å². The van der Waals surface area contributed by atoms with E-state index in [4.69, 9.17) is 0 Å². The lowest BCUT2D eigenvalue weighted by molar-refractivity contribution is -0.128. The van der Waals surface area contributed by atoms with E-state index in [1.165, 1.54) is 5.70 Å². The predicted molar refractivity (Wildman–Crippen MR) is 88.2 cm³/mol. The molecule has 5 nitrogen and oxygen atoms in total. The number of carbonyl (C=O) groups excluding carboxylic acids is 1. The molecule has 0 aromatic heterocycles. The van der Waals surface area contributed by atoms with Crippen molar-refractivity contribution in [3.8, 4) is 0 Å². The standard InChI is InChI=1S/C17H28N4O/c1-3-17(22)21(2)14-4-5-16-15(9-14)12(6-7-19-16)8-13-10-18-11-20-13/h4,8,13,15-16,18-20H,3,5-7,9-11H2,1-2H3/b12-8+. The Morgan fingerprint density at radius 1 is 1.45 bits per heavy atom. The number of hydrogen-bond acceptors (Lipinski definition) is 4. The van der Waals surface area contributed by atoms with Crippen molar-refractivity contribution >= 4 is 5.91 Å². The van der Waals surface area contributed by atoms with Crippen molar-refractivity contribution in [1.82, 2.24) is 20.9 Å². The van der Waals surface area contributed by atoms with Crippen molar-refractivity contribution in [2.75, 3.05) is 26.8 Å². The molecule has 3 aliphatic rings. The van der Waals surface area contributed by atoms with Crippen LogP contribution in [0.4, 0.5) is 0 Å². The first-order valence-electron chi connectivity index (χ1n) is 8.52. The van der Waals surface area contributed by atoms with Crippen LogP contribution in [0.5, 0.6) is 0 Å². The second-order valence-corrected chi connectivity index (χ2v) is 6.54. The second-order valence-electron chi connectivity index (χ2n) is 6.54. The molecule has 5 heteroatoms. The maximum absolute atomic E-state index is 12.0. The number of fused-ring (bicyclic) bond motifs is 1. The summed E-state index contributed by atoms with van der Waals surface area (Å²) in [5.41, 5.74) is 2.76. The molecule has 0 saturated carbocycles. The summed E-state index contributed by atoms with van der Waals surface area (Å²) in [6.45, 7) is 4.92. The molecule has 3 unspecified atom stereocenters. The number of amides is 1. The maximum Gasteiger partial charge on any atom is 0.226 e. The number of allylic oxidation sites excluding steroid dienone is 1. The van der Waals surface area contributed by atoms with E-state index in [1.54, 1.807) is 5.57 Å². The first-order valence-corrected chi connectivity index (χ1v) is 8.52. The SMILES string of the molecule is CCC(=O)N(C)C1=CCC2NCC/C(=C\C3CNCN3)C2C1. The van der Waals surface area contributed by atoms with Crippen molar-refractivity contribution in [2.45, 2.75) is 44.7 Å². The van der Waals surface area contributed by atoms with Crippen LogP contribution in [0.2, 0.25) is 0 Å². The molecule has 2 saturated heterocycles. The fourth-order valence-electron chi connectivity index (χ4n) is 3.84. The zero-order chi connectivity index (χ0) is 15.5. The van der Waals surface area contributed by atoms with E-state index in [2.05, 4.69) is 28.1 Å². The van der Waals surface area contributed by atoms with Gasteiger partial charge in [-0.2, -0.15) is 0 Å². The largest absolute Gasteiger partial charge is 0.320 e. The molecular weight excluding hydrogens is 276 g/mol. The van der Waals surface area contributed by atoms with Crippen molar-refractivity contribution in [1.29, 1.82) is 0 Å². The van der Waals surface area contributed by atoms with Crippen molar-refractivity contribution < 1.29 is 4.79 Å². The molecule has 22 heavy (non-hydrogen) atoms. The van der Waals surface area contributed by atoms with Crippen LogP contribution in [-0.2, 0) is 4.79 Å². The lowest BCUT2D eigenvalue weighted by Gasteiger charge is -2.40. The molecule has 0 aromatic carbocycles. The number of hydrogen-bond donors (Lipinski definition) is 3. The quantitative estimate of drug-likeness (QED) is 0.680. The third-order valence-electron chi connectivity index (χ3n) is 5.19. The fourth-order valence-corrected chi connectivity index (χ4v) is 3.84. The van der Waals surface area contributed by atoms with E-state index >= 15 is 0 Å². The van der Waals surface area contributed by atoms with E-state index in [9.17, 15) is 4.79 Å². The molecule has 1 amide bonds. The van der Waals surface area contributed by atoms with E-state index in [1.807, 2.05) is 18.9 Å². The molecule has 0 bridgehead atoms. The van der Waals surface area contributed by atoms with Crippen LogP contribution in [0.1, 0.15) is 32.6 Å². The molecule has 122 valence electrons. The Morgan fingerprint density at radius 2 is 2.32 bits per heavy atom. The number of nitrogens with one attached hydrogen (secondary N) is 3. The zero-order valence-corrected chi connectivity index (χ0v) is 13.7. The monoisotopic (exact) mass is 304 g/mol. The smallest absolute Gasteiger partial charge is 0.226 e. The number of piperidine rings is 1. The molecule has 3 N–H and O–H groups in total. The Labute approximate surface area is 133 Å². The van der Waals surface area contributed by atoms with E-state index in [0.717, 1.165) is 39.0 Å². The Kier molecular flexibility index (Phi) is 4.96. The molecule has 0 aromatic rings. The minimum absolute atomic E-state index is 0.209. The van der Waals surface area contributed by atoms with Gasteiger partial charge in [0.1, 0.15) is 0 Å². The van der Waals surface area contributed by atoms with Gasteiger partial charge in [-0.15, -0.1) is 0 Å². The van der Waals surface area contributed by atoms with E-state index in [0.29, 0.717) is 24.4 Å². The molecule has 1 aliphatic carbocycles. The summed E-state index contributed by atoms with van der Waals surface area (Å²) in [6, 6.07) is 0.987. The molecule has 2 aliphatic heterocycles. The fraction of sp³-hybridized carbons (Fsp3) is 0.706. The summed E-state index contributed by atoms with van der Waals surface area (Å²) >= 11 is 0. The Hall–Kier alpha value is -1.17. The van der Waals surface area contributed by atoms with Gasteiger partial charge in [-0.3, -0.25) is 10.1 Å². The van der Waals surface area contributed by atoms with Gasteiger partial charge in [0.15, 0.2) is 0 Å². The van der Waals surface area contributed by atoms with Crippen LogP contribution in [0.15, 0.2) is 23.4 Å². The molecule has 3 rings (SSSR count). The topological polar surface area (TPSA) is 56.4 Å². The first kappa shape index (κ1) is 15.7. The third-order valence-corrected chi connectivity index (χ3v) is 5.19. The highest BCUT2D eigenvalue weighted by molar-refractivity contribution is 5.77. The second kappa shape index (κ2) is 6.94. The van der Waals surface area contributed by atoms with Gasteiger partial charge in [0.25, 0.3) is 0 Å². The van der Waals surface area contributed by atoms with Gasteiger partial charge < -0.3 is 15.5 Å². The average Bonchev–Trinajstić information content (AvgIpc) is 3.06.